The van der Waals surface area contributed by atoms with Crippen LogP contribution < -0.4 is 5.32 Å². The lowest BCUT2D eigenvalue weighted by Crippen LogP contribution is -2.23. The summed E-state index contributed by atoms with van der Waals surface area (Å²) >= 11 is 0. The molecule has 3 nitrogen and oxygen atoms in total. The Morgan fingerprint density at radius 2 is 1.83 bits per heavy atom. The number of aryl methyl sites for hydroxylation is 2. The number of hydrogen-bond acceptors (Lipinski definition) is 1. The Hall–Kier alpha value is -2.03. The number of nitrogens with one attached hydrogen (secondary N) is 1. The summed E-state index contributed by atoms with van der Waals surface area (Å²) in [6.45, 7) is 3.39. The number of benzene rings is 1. The number of carbonyl (C=O) groups excluding carboxylic acids is 1. The van der Waals surface area contributed by atoms with Crippen LogP contribution in [0.4, 0.5) is 0 Å². The van der Waals surface area contributed by atoms with Gasteiger partial charge in [0.2, 0.25) is 5.91 Å². The van der Waals surface area contributed by atoms with Gasteiger partial charge in [0.1, 0.15) is 0 Å². The number of carbonyl (C=O) groups is 1. The second kappa shape index (κ2) is 6.05. The Morgan fingerprint density at radius 3 is 2.50 bits per heavy atom. The third kappa shape index (κ3) is 3.77. The Kier molecular flexibility index (Phi) is 4.18. The van der Waals surface area contributed by atoms with E-state index in [4.69, 9.17) is 0 Å². The summed E-state index contributed by atoms with van der Waals surface area (Å²) < 4.78 is 2.01. The Labute approximate surface area is 107 Å². The monoisotopic (exact) mass is 242 g/mol. The summed E-state index contributed by atoms with van der Waals surface area (Å²) in [5.41, 5.74) is 2.37. The second-order valence-electron chi connectivity index (χ2n) is 4.43. The first-order valence-corrected chi connectivity index (χ1v) is 6.17. The second-order valence-corrected chi connectivity index (χ2v) is 4.43. The van der Waals surface area contributed by atoms with E-state index in [9.17, 15) is 4.79 Å². The summed E-state index contributed by atoms with van der Waals surface area (Å²) in [6, 6.07) is 12.1. The minimum Gasteiger partial charge on any atom is -0.354 e. The maximum Gasteiger partial charge on any atom is 0.222 e. The molecule has 2 aromatic rings. The van der Waals surface area contributed by atoms with Crippen LogP contribution in [0.3, 0.4) is 0 Å². The molecule has 0 aliphatic carbocycles. The highest BCUT2D eigenvalue weighted by Crippen LogP contribution is 2.02. The van der Waals surface area contributed by atoms with Crippen molar-refractivity contribution in [1.29, 1.82) is 0 Å². The molecule has 3 heteroatoms. The number of aromatic nitrogens is 1. The van der Waals surface area contributed by atoms with Crippen molar-refractivity contribution in [3.63, 3.8) is 0 Å². The van der Waals surface area contributed by atoms with Gasteiger partial charge in [0.05, 0.1) is 0 Å². The molecule has 18 heavy (non-hydrogen) atoms. The number of hydrogen-bond donors (Lipinski definition) is 1. The lowest BCUT2D eigenvalue weighted by atomic mass is 10.1. The minimum atomic E-state index is 0.0873. The van der Waals surface area contributed by atoms with E-state index >= 15 is 0 Å². The van der Waals surface area contributed by atoms with Crippen molar-refractivity contribution in [2.75, 3.05) is 0 Å². The van der Waals surface area contributed by atoms with Crippen LogP contribution in [0.25, 0.3) is 0 Å². The van der Waals surface area contributed by atoms with Gasteiger partial charge in [0, 0.05) is 31.9 Å². The Bertz CT molecular complexity index is 486. The molecular weight excluding hydrogens is 224 g/mol. The SMILES string of the molecule is Cc1ccc(CNC(=O)CCn2cccc2)cc1. The maximum atomic E-state index is 11.7. The lowest BCUT2D eigenvalue weighted by Gasteiger charge is -2.06. The summed E-state index contributed by atoms with van der Waals surface area (Å²) in [4.78, 5) is 11.7. The summed E-state index contributed by atoms with van der Waals surface area (Å²) in [5.74, 6) is 0.0873. The molecular formula is C15H18N2O. The first kappa shape index (κ1) is 12.4. The standard InChI is InChI=1S/C15H18N2O/c1-13-4-6-14(7-5-13)12-16-15(18)8-11-17-9-2-3-10-17/h2-7,9-10H,8,11-12H2,1H3,(H,16,18). The molecule has 2 rings (SSSR count). The third-order valence-electron chi connectivity index (χ3n) is 2.87. The van der Waals surface area contributed by atoms with Crippen molar-refractivity contribution in [3.8, 4) is 0 Å². The van der Waals surface area contributed by atoms with E-state index in [1.807, 2.05) is 41.2 Å². The molecule has 0 atom stereocenters. The van der Waals surface area contributed by atoms with Crippen LogP contribution in [0.15, 0.2) is 48.8 Å². The van der Waals surface area contributed by atoms with E-state index in [0.29, 0.717) is 13.0 Å². The van der Waals surface area contributed by atoms with Crippen molar-refractivity contribution in [2.45, 2.75) is 26.4 Å². The summed E-state index contributed by atoms with van der Waals surface area (Å²) in [7, 11) is 0. The van der Waals surface area contributed by atoms with Gasteiger partial charge in [0.25, 0.3) is 0 Å². The molecule has 0 spiro atoms. The van der Waals surface area contributed by atoms with Crippen molar-refractivity contribution < 1.29 is 4.79 Å². The van der Waals surface area contributed by atoms with Crippen LogP contribution in [-0.2, 0) is 17.9 Å². The van der Waals surface area contributed by atoms with Crippen molar-refractivity contribution in [3.05, 3.63) is 59.9 Å². The number of rotatable bonds is 5. The molecule has 0 aliphatic heterocycles. The fourth-order valence-corrected chi connectivity index (χ4v) is 1.74. The first-order chi connectivity index (χ1) is 8.74. The van der Waals surface area contributed by atoms with Crippen LogP contribution in [-0.4, -0.2) is 10.5 Å². The van der Waals surface area contributed by atoms with Gasteiger partial charge < -0.3 is 9.88 Å². The molecule has 1 N–H and O–H groups in total. The van der Waals surface area contributed by atoms with E-state index in [1.165, 1.54) is 5.56 Å². The van der Waals surface area contributed by atoms with Crippen LogP contribution in [0, 0.1) is 6.92 Å². The highest BCUT2D eigenvalue weighted by molar-refractivity contribution is 5.75. The van der Waals surface area contributed by atoms with E-state index in [1.54, 1.807) is 0 Å². The molecule has 1 amide bonds. The fraction of sp³-hybridized carbons (Fsp3) is 0.267. The van der Waals surface area contributed by atoms with Crippen molar-refractivity contribution >= 4 is 5.91 Å². The quantitative estimate of drug-likeness (QED) is 0.858. The normalized spacial score (nSPS) is 10.3. The largest absolute Gasteiger partial charge is 0.354 e. The fourth-order valence-electron chi connectivity index (χ4n) is 1.74. The highest BCUT2D eigenvalue weighted by atomic mass is 16.1. The molecule has 0 radical (unpaired) electrons. The first-order valence-electron chi connectivity index (χ1n) is 6.17. The predicted octanol–water partition coefficient (Wildman–Crippen LogP) is 2.50. The zero-order valence-electron chi connectivity index (χ0n) is 10.6. The van der Waals surface area contributed by atoms with Gasteiger partial charge >= 0.3 is 0 Å². The van der Waals surface area contributed by atoms with E-state index in [-0.39, 0.29) is 5.91 Å². The summed E-state index contributed by atoms with van der Waals surface area (Å²) in [6.07, 6.45) is 4.45. The maximum absolute atomic E-state index is 11.7. The predicted molar refractivity (Wildman–Crippen MR) is 72.1 cm³/mol. The van der Waals surface area contributed by atoms with Gasteiger partial charge in [-0.2, -0.15) is 0 Å². The van der Waals surface area contributed by atoms with Gasteiger partial charge in [-0.3, -0.25) is 4.79 Å². The average Bonchev–Trinajstić information content (AvgIpc) is 2.89. The smallest absolute Gasteiger partial charge is 0.222 e. The van der Waals surface area contributed by atoms with Crippen molar-refractivity contribution in [2.24, 2.45) is 0 Å². The molecule has 1 heterocycles. The molecule has 0 aliphatic rings. The van der Waals surface area contributed by atoms with Gasteiger partial charge in [-0.1, -0.05) is 29.8 Å². The topological polar surface area (TPSA) is 34.0 Å². The van der Waals surface area contributed by atoms with Crippen LogP contribution >= 0.6 is 0 Å². The molecule has 0 saturated carbocycles. The zero-order chi connectivity index (χ0) is 12.8. The van der Waals surface area contributed by atoms with Gasteiger partial charge in [-0.25, -0.2) is 0 Å². The lowest BCUT2D eigenvalue weighted by molar-refractivity contribution is -0.121. The molecule has 1 aromatic carbocycles. The summed E-state index contributed by atoms with van der Waals surface area (Å²) in [5, 5.41) is 2.93. The van der Waals surface area contributed by atoms with E-state index in [0.717, 1.165) is 12.1 Å². The average molecular weight is 242 g/mol. The minimum absolute atomic E-state index is 0.0873. The van der Waals surface area contributed by atoms with Crippen molar-refractivity contribution in [1.82, 2.24) is 9.88 Å². The molecule has 0 saturated heterocycles. The molecule has 94 valence electrons. The third-order valence-corrected chi connectivity index (χ3v) is 2.87. The van der Waals surface area contributed by atoms with Gasteiger partial charge in [-0.05, 0) is 24.6 Å². The van der Waals surface area contributed by atoms with E-state index in [2.05, 4.69) is 24.4 Å². The zero-order valence-corrected chi connectivity index (χ0v) is 10.6. The van der Waals surface area contributed by atoms with Crippen LogP contribution in [0.5, 0.6) is 0 Å². The van der Waals surface area contributed by atoms with Gasteiger partial charge in [-0.15, -0.1) is 0 Å². The molecule has 1 aromatic heterocycles. The highest BCUT2D eigenvalue weighted by Gasteiger charge is 2.01. The number of nitrogens with zero attached hydrogens (tertiary/aromatic N) is 1. The van der Waals surface area contributed by atoms with Crippen LogP contribution in [0.2, 0.25) is 0 Å². The van der Waals surface area contributed by atoms with Gasteiger partial charge in [0.15, 0.2) is 0 Å². The molecule has 0 unspecified atom stereocenters. The Morgan fingerprint density at radius 1 is 1.17 bits per heavy atom. The van der Waals surface area contributed by atoms with Crippen LogP contribution in [0.1, 0.15) is 17.5 Å². The Balaban J connectivity index is 1.73. The molecule has 0 bridgehead atoms. The van der Waals surface area contributed by atoms with E-state index < -0.39 is 0 Å². The molecule has 0 fully saturated rings. The number of amides is 1.